The van der Waals surface area contributed by atoms with Crippen molar-refractivity contribution in [1.82, 2.24) is 16.0 Å². The third kappa shape index (κ3) is 5.27. The van der Waals surface area contributed by atoms with Crippen LogP contribution in [0.3, 0.4) is 0 Å². The standard InChI is InChI=1S/C14H22N4O2/c1-4-16-10(2)11-5-7-12(8-6-11)18-14(20)17-9-13(19)15-3/h5-8,10,16H,4,9H2,1-3H3,(H,15,19)(H2,17,18,20). The number of carbonyl (C=O) groups is 2. The molecule has 1 aromatic carbocycles. The zero-order valence-corrected chi connectivity index (χ0v) is 12.1. The Balaban J connectivity index is 2.48. The zero-order valence-electron chi connectivity index (χ0n) is 12.1. The van der Waals surface area contributed by atoms with Gasteiger partial charge in [0.15, 0.2) is 0 Å². The van der Waals surface area contributed by atoms with Crippen molar-refractivity contribution in [3.8, 4) is 0 Å². The summed E-state index contributed by atoms with van der Waals surface area (Å²) < 4.78 is 0. The first-order valence-electron chi connectivity index (χ1n) is 6.65. The van der Waals surface area contributed by atoms with Crippen LogP contribution in [0.1, 0.15) is 25.5 Å². The SMILES string of the molecule is CCNC(C)c1ccc(NC(=O)NCC(=O)NC)cc1. The highest BCUT2D eigenvalue weighted by Crippen LogP contribution is 2.15. The average Bonchev–Trinajstić information content (AvgIpc) is 2.45. The van der Waals surface area contributed by atoms with E-state index >= 15 is 0 Å². The van der Waals surface area contributed by atoms with Gasteiger partial charge in [-0.2, -0.15) is 0 Å². The first kappa shape index (κ1) is 16.0. The maximum absolute atomic E-state index is 11.5. The van der Waals surface area contributed by atoms with Crippen LogP contribution in [-0.2, 0) is 4.79 Å². The average molecular weight is 278 g/mol. The number of anilines is 1. The van der Waals surface area contributed by atoms with Crippen molar-refractivity contribution in [2.75, 3.05) is 25.5 Å². The Morgan fingerprint density at radius 2 is 1.85 bits per heavy atom. The van der Waals surface area contributed by atoms with E-state index in [0.717, 1.165) is 12.1 Å². The predicted octanol–water partition coefficient (Wildman–Crippen LogP) is 1.22. The highest BCUT2D eigenvalue weighted by Gasteiger charge is 2.06. The molecular weight excluding hydrogens is 256 g/mol. The fourth-order valence-corrected chi connectivity index (χ4v) is 1.70. The van der Waals surface area contributed by atoms with E-state index in [1.54, 1.807) is 0 Å². The van der Waals surface area contributed by atoms with E-state index in [2.05, 4.69) is 35.1 Å². The van der Waals surface area contributed by atoms with Gasteiger partial charge in [-0.05, 0) is 31.2 Å². The molecule has 0 aliphatic heterocycles. The minimum absolute atomic E-state index is 0.0438. The second-order valence-corrected chi connectivity index (χ2v) is 4.38. The quantitative estimate of drug-likeness (QED) is 0.631. The van der Waals surface area contributed by atoms with E-state index in [4.69, 9.17) is 0 Å². The molecule has 1 aromatic rings. The molecule has 0 radical (unpaired) electrons. The zero-order chi connectivity index (χ0) is 15.0. The molecule has 0 bridgehead atoms. The normalized spacial score (nSPS) is 11.6. The summed E-state index contributed by atoms with van der Waals surface area (Å²) in [6.07, 6.45) is 0. The van der Waals surface area contributed by atoms with Crippen LogP contribution in [0, 0.1) is 0 Å². The molecule has 6 nitrogen and oxygen atoms in total. The van der Waals surface area contributed by atoms with E-state index < -0.39 is 6.03 Å². The van der Waals surface area contributed by atoms with Gasteiger partial charge in [-0.1, -0.05) is 19.1 Å². The summed E-state index contributed by atoms with van der Waals surface area (Å²) in [6, 6.07) is 7.46. The summed E-state index contributed by atoms with van der Waals surface area (Å²) >= 11 is 0. The molecule has 4 N–H and O–H groups in total. The number of carbonyl (C=O) groups excluding carboxylic acids is 2. The summed E-state index contributed by atoms with van der Waals surface area (Å²) in [4.78, 5) is 22.5. The number of benzene rings is 1. The predicted molar refractivity (Wildman–Crippen MR) is 79.6 cm³/mol. The highest BCUT2D eigenvalue weighted by molar-refractivity contribution is 5.92. The van der Waals surface area contributed by atoms with Crippen LogP contribution in [0.15, 0.2) is 24.3 Å². The van der Waals surface area contributed by atoms with Crippen molar-refractivity contribution in [3.05, 3.63) is 29.8 Å². The Hall–Kier alpha value is -2.08. The fraction of sp³-hybridized carbons (Fsp3) is 0.429. The van der Waals surface area contributed by atoms with Gasteiger partial charge in [-0.25, -0.2) is 4.79 Å². The summed E-state index contributed by atoms with van der Waals surface area (Å²) in [6.45, 7) is 5.01. The highest BCUT2D eigenvalue weighted by atomic mass is 16.2. The molecule has 1 atom stereocenters. The van der Waals surface area contributed by atoms with Crippen LogP contribution in [0.2, 0.25) is 0 Å². The lowest BCUT2D eigenvalue weighted by Crippen LogP contribution is -2.37. The van der Waals surface area contributed by atoms with Crippen LogP contribution in [0.5, 0.6) is 0 Å². The molecule has 0 aliphatic carbocycles. The first-order chi connectivity index (χ1) is 9.56. The van der Waals surface area contributed by atoms with Crippen LogP contribution in [0.25, 0.3) is 0 Å². The summed E-state index contributed by atoms with van der Waals surface area (Å²) in [5.41, 5.74) is 1.84. The number of nitrogens with one attached hydrogen (secondary N) is 4. The Bertz CT molecular complexity index is 445. The van der Waals surface area contributed by atoms with Crippen LogP contribution >= 0.6 is 0 Å². The number of hydrogen-bond donors (Lipinski definition) is 4. The molecule has 20 heavy (non-hydrogen) atoms. The molecular formula is C14H22N4O2. The molecule has 0 aromatic heterocycles. The van der Waals surface area contributed by atoms with E-state index in [0.29, 0.717) is 5.69 Å². The van der Waals surface area contributed by atoms with Gasteiger partial charge >= 0.3 is 6.03 Å². The maximum atomic E-state index is 11.5. The third-order valence-electron chi connectivity index (χ3n) is 2.87. The monoisotopic (exact) mass is 278 g/mol. The van der Waals surface area contributed by atoms with Crippen molar-refractivity contribution >= 4 is 17.6 Å². The van der Waals surface area contributed by atoms with Crippen molar-refractivity contribution in [1.29, 1.82) is 0 Å². The van der Waals surface area contributed by atoms with E-state index in [-0.39, 0.29) is 18.5 Å². The van der Waals surface area contributed by atoms with Gasteiger partial charge in [0.1, 0.15) is 0 Å². The smallest absolute Gasteiger partial charge is 0.319 e. The topological polar surface area (TPSA) is 82.3 Å². The van der Waals surface area contributed by atoms with Gasteiger partial charge in [-0.15, -0.1) is 0 Å². The number of rotatable bonds is 6. The van der Waals surface area contributed by atoms with Crippen molar-refractivity contribution < 1.29 is 9.59 Å². The Morgan fingerprint density at radius 3 is 2.40 bits per heavy atom. The summed E-state index contributed by atoms with van der Waals surface area (Å²) in [5, 5.41) is 10.9. The third-order valence-corrected chi connectivity index (χ3v) is 2.87. The molecule has 0 aliphatic rings. The van der Waals surface area contributed by atoms with Gasteiger partial charge in [0, 0.05) is 18.8 Å². The molecule has 110 valence electrons. The Kier molecular flexibility index (Phi) is 6.52. The minimum Gasteiger partial charge on any atom is -0.358 e. The molecule has 0 saturated heterocycles. The second-order valence-electron chi connectivity index (χ2n) is 4.38. The van der Waals surface area contributed by atoms with Crippen LogP contribution in [-0.4, -0.2) is 32.1 Å². The lowest BCUT2D eigenvalue weighted by Gasteiger charge is -2.13. The van der Waals surface area contributed by atoms with Gasteiger partial charge < -0.3 is 21.3 Å². The first-order valence-corrected chi connectivity index (χ1v) is 6.65. The van der Waals surface area contributed by atoms with E-state index in [9.17, 15) is 9.59 Å². The second kappa shape index (κ2) is 8.16. The maximum Gasteiger partial charge on any atom is 0.319 e. The number of hydrogen-bond acceptors (Lipinski definition) is 3. The summed E-state index contributed by atoms with van der Waals surface area (Å²) in [7, 11) is 1.52. The van der Waals surface area contributed by atoms with Crippen molar-refractivity contribution in [2.24, 2.45) is 0 Å². The molecule has 1 rings (SSSR count). The van der Waals surface area contributed by atoms with Crippen molar-refractivity contribution in [2.45, 2.75) is 19.9 Å². The van der Waals surface area contributed by atoms with E-state index in [1.807, 2.05) is 24.3 Å². The summed E-state index contributed by atoms with van der Waals surface area (Å²) in [5.74, 6) is -0.241. The number of amides is 3. The molecule has 1 unspecified atom stereocenters. The molecule has 3 amide bonds. The lowest BCUT2D eigenvalue weighted by molar-refractivity contribution is -0.119. The Labute approximate surface area is 119 Å². The van der Waals surface area contributed by atoms with Gasteiger partial charge in [0.2, 0.25) is 5.91 Å². The minimum atomic E-state index is -0.402. The van der Waals surface area contributed by atoms with Gasteiger partial charge in [0.05, 0.1) is 6.54 Å². The molecule has 0 spiro atoms. The van der Waals surface area contributed by atoms with Gasteiger partial charge in [0.25, 0.3) is 0 Å². The molecule has 0 heterocycles. The lowest BCUT2D eigenvalue weighted by atomic mass is 10.1. The molecule has 6 heteroatoms. The number of likely N-dealkylation sites (N-methyl/N-ethyl adjacent to an activating group) is 1. The van der Waals surface area contributed by atoms with Crippen molar-refractivity contribution in [3.63, 3.8) is 0 Å². The molecule has 0 saturated carbocycles. The van der Waals surface area contributed by atoms with Crippen LogP contribution < -0.4 is 21.3 Å². The fourth-order valence-electron chi connectivity index (χ4n) is 1.70. The van der Waals surface area contributed by atoms with E-state index in [1.165, 1.54) is 7.05 Å². The van der Waals surface area contributed by atoms with Gasteiger partial charge in [-0.3, -0.25) is 4.79 Å². The largest absolute Gasteiger partial charge is 0.358 e. The Morgan fingerprint density at radius 1 is 1.20 bits per heavy atom. The van der Waals surface area contributed by atoms with Crippen LogP contribution in [0.4, 0.5) is 10.5 Å². The molecule has 0 fully saturated rings. The number of urea groups is 1.